The van der Waals surface area contributed by atoms with Crippen LogP contribution in [0.4, 0.5) is 0 Å². The molecule has 1 saturated heterocycles. The summed E-state index contributed by atoms with van der Waals surface area (Å²) in [5.74, 6) is -0.0665. The Morgan fingerprint density at radius 3 is 2.76 bits per heavy atom. The zero-order valence-corrected chi connectivity index (χ0v) is 9.57. The molecule has 1 aliphatic rings. The molecule has 0 aliphatic carbocycles. The third-order valence-corrected chi connectivity index (χ3v) is 2.91. The molecule has 1 aliphatic heterocycles. The summed E-state index contributed by atoms with van der Waals surface area (Å²) >= 11 is 0. The number of benzene rings is 1. The highest BCUT2D eigenvalue weighted by molar-refractivity contribution is 5.94. The van der Waals surface area contributed by atoms with Gasteiger partial charge in [-0.15, -0.1) is 0 Å². The summed E-state index contributed by atoms with van der Waals surface area (Å²) in [6.45, 7) is 1.87. The van der Waals surface area contributed by atoms with Gasteiger partial charge in [-0.3, -0.25) is 4.79 Å². The van der Waals surface area contributed by atoms with Crippen molar-refractivity contribution in [2.24, 2.45) is 0 Å². The summed E-state index contributed by atoms with van der Waals surface area (Å²) in [6.07, 6.45) is 2.12. The minimum Gasteiger partial charge on any atom is -0.348 e. The minimum absolute atomic E-state index is 0.0665. The van der Waals surface area contributed by atoms with Crippen molar-refractivity contribution in [2.45, 2.75) is 18.9 Å². The van der Waals surface area contributed by atoms with Gasteiger partial charge in [-0.1, -0.05) is 0 Å². The summed E-state index contributed by atoms with van der Waals surface area (Å²) in [4.78, 5) is 11.9. The Bertz CT molecular complexity index is 427. The van der Waals surface area contributed by atoms with E-state index in [-0.39, 0.29) is 11.9 Å². The van der Waals surface area contributed by atoms with E-state index in [1.807, 2.05) is 6.07 Å². The summed E-state index contributed by atoms with van der Waals surface area (Å²) in [5, 5.41) is 14.9. The van der Waals surface area contributed by atoms with Crippen LogP contribution in [0.1, 0.15) is 28.8 Å². The van der Waals surface area contributed by atoms with Gasteiger partial charge in [-0.2, -0.15) is 5.26 Å². The Hall–Kier alpha value is -1.86. The molecular weight excluding hydrogens is 214 g/mol. The highest BCUT2D eigenvalue weighted by atomic mass is 16.1. The van der Waals surface area contributed by atoms with Crippen molar-refractivity contribution in [3.63, 3.8) is 0 Å². The van der Waals surface area contributed by atoms with Crippen LogP contribution in [0.25, 0.3) is 0 Å². The number of rotatable bonds is 2. The molecule has 88 valence electrons. The summed E-state index contributed by atoms with van der Waals surface area (Å²) in [7, 11) is 0. The quantitative estimate of drug-likeness (QED) is 0.796. The smallest absolute Gasteiger partial charge is 0.251 e. The van der Waals surface area contributed by atoms with Crippen LogP contribution in [-0.2, 0) is 0 Å². The van der Waals surface area contributed by atoms with E-state index in [0.29, 0.717) is 11.1 Å². The lowest BCUT2D eigenvalue weighted by Crippen LogP contribution is -2.45. The van der Waals surface area contributed by atoms with Crippen molar-refractivity contribution >= 4 is 5.91 Å². The molecule has 1 aromatic rings. The minimum atomic E-state index is -0.0665. The monoisotopic (exact) mass is 229 g/mol. The molecule has 1 heterocycles. The fourth-order valence-electron chi connectivity index (χ4n) is 1.94. The van der Waals surface area contributed by atoms with Gasteiger partial charge in [0.05, 0.1) is 11.6 Å². The van der Waals surface area contributed by atoms with Gasteiger partial charge in [0, 0.05) is 18.2 Å². The number of piperidine rings is 1. The van der Waals surface area contributed by atoms with Gasteiger partial charge < -0.3 is 10.6 Å². The van der Waals surface area contributed by atoms with Gasteiger partial charge in [0.1, 0.15) is 0 Å². The van der Waals surface area contributed by atoms with E-state index in [0.717, 1.165) is 25.9 Å². The van der Waals surface area contributed by atoms with Crippen LogP contribution >= 0.6 is 0 Å². The lowest BCUT2D eigenvalue weighted by atomic mass is 10.1. The topological polar surface area (TPSA) is 64.9 Å². The molecule has 0 aromatic heterocycles. The van der Waals surface area contributed by atoms with E-state index in [2.05, 4.69) is 10.6 Å². The molecular formula is C13H15N3O. The normalized spacial score (nSPS) is 19.4. The zero-order chi connectivity index (χ0) is 12.1. The van der Waals surface area contributed by atoms with Crippen molar-refractivity contribution in [1.82, 2.24) is 10.6 Å². The second-order valence-corrected chi connectivity index (χ2v) is 4.21. The number of nitrogens with one attached hydrogen (secondary N) is 2. The Morgan fingerprint density at radius 1 is 1.41 bits per heavy atom. The molecule has 1 fully saturated rings. The Morgan fingerprint density at radius 2 is 2.18 bits per heavy atom. The van der Waals surface area contributed by atoms with Crippen molar-refractivity contribution in [3.8, 4) is 6.07 Å². The Kier molecular flexibility index (Phi) is 3.73. The average Bonchev–Trinajstić information content (AvgIpc) is 2.40. The standard InChI is InChI=1S/C13H15N3O/c14-8-10-3-5-11(6-4-10)13(17)16-12-2-1-7-15-9-12/h3-6,12,15H,1-2,7,9H2,(H,16,17)/t12-/m0/s1. The van der Waals surface area contributed by atoms with Crippen LogP contribution in [-0.4, -0.2) is 25.0 Å². The van der Waals surface area contributed by atoms with E-state index >= 15 is 0 Å². The first-order valence-electron chi connectivity index (χ1n) is 5.81. The van der Waals surface area contributed by atoms with Crippen molar-refractivity contribution in [2.75, 3.05) is 13.1 Å². The molecule has 17 heavy (non-hydrogen) atoms. The highest BCUT2D eigenvalue weighted by Crippen LogP contribution is 2.06. The summed E-state index contributed by atoms with van der Waals surface area (Å²) in [5.41, 5.74) is 1.18. The number of carbonyl (C=O) groups is 1. The van der Waals surface area contributed by atoms with Crippen LogP contribution < -0.4 is 10.6 Å². The van der Waals surface area contributed by atoms with Gasteiger partial charge in [-0.25, -0.2) is 0 Å². The number of carbonyl (C=O) groups excluding carboxylic acids is 1. The molecule has 0 saturated carbocycles. The molecule has 2 rings (SSSR count). The SMILES string of the molecule is N#Cc1ccc(C(=O)N[C@H]2CCCNC2)cc1. The van der Waals surface area contributed by atoms with Gasteiger partial charge in [0.25, 0.3) is 5.91 Å². The molecule has 0 unspecified atom stereocenters. The predicted molar refractivity (Wildman–Crippen MR) is 64.5 cm³/mol. The maximum Gasteiger partial charge on any atom is 0.251 e. The summed E-state index contributed by atoms with van der Waals surface area (Å²) in [6, 6.07) is 8.94. The van der Waals surface area contributed by atoms with Gasteiger partial charge in [-0.05, 0) is 43.7 Å². The van der Waals surface area contributed by atoms with Gasteiger partial charge >= 0.3 is 0 Å². The average molecular weight is 229 g/mol. The molecule has 1 aromatic carbocycles. The fraction of sp³-hybridized carbons (Fsp3) is 0.385. The molecule has 4 nitrogen and oxygen atoms in total. The molecule has 0 spiro atoms. The van der Waals surface area contributed by atoms with E-state index in [1.165, 1.54) is 0 Å². The molecule has 2 N–H and O–H groups in total. The number of hydrogen-bond acceptors (Lipinski definition) is 3. The van der Waals surface area contributed by atoms with Crippen LogP contribution in [0.5, 0.6) is 0 Å². The van der Waals surface area contributed by atoms with Crippen LogP contribution in [0.15, 0.2) is 24.3 Å². The highest BCUT2D eigenvalue weighted by Gasteiger charge is 2.15. The molecule has 4 heteroatoms. The van der Waals surface area contributed by atoms with Crippen molar-refractivity contribution in [1.29, 1.82) is 5.26 Å². The molecule has 1 amide bonds. The Labute approximate surface area is 101 Å². The van der Waals surface area contributed by atoms with Crippen LogP contribution in [0, 0.1) is 11.3 Å². The fourth-order valence-corrected chi connectivity index (χ4v) is 1.94. The number of nitrogens with zero attached hydrogens (tertiary/aromatic N) is 1. The van der Waals surface area contributed by atoms with Crippen LogP contribution in [0.3, 0.4) is 0 Å². The zero-order valence-electron chi connectivity index (χ0n) is 9.57. The largest absolute Gasteiger partial charge is 0.348 e. The van der Waals surface area contributed by atoms with E-state index in [4.69, 9.17) is 5.26 Å². The predicted octanol–water partition coefficient (Wildman–Crippen LogP) is 1.04. The second kappa shape index (κ2) is 5.46. The summed E-state index contributed by atoms with van der Waals surface area (Å²) < 4.78 is 0. The van der Waals surface area contributed by atoms with Crippen molar-refractivity contribution < 1.29 is 4.79 Å². The van der Waals surface area contributed by atoms with Gasteiger partial charge in [0.2, 0.25) is 0 Å². The molecule has 0 bridgehead atoms. The van der Waals surface area contributed by atoms with Crippen LogP contribution in [0.2, 0.25) is 0 Å². The van der Waals surface area contributed by atoms with Gasteiger partial charge in [0.15, 0.2) is 0 Å². The first kappa shape index (κ1) is 11.6. The first-order chi connectivity index (χ1) is 8.29. The number of nitriles is 1. The number of hydrogen-bond donors (Lipinski definition) is 2. The third-order valence-electron chi connectivity index (χ3n) is 2.91. The lowest BCUT2D eigenvalue weighted by molar-refractivity contribution is 0.0930. The third kappa shape index (κ3) is 3.05. The maximum absolute atomic E-state index is 11.9. The van der Waals surface area contributed by atoms with E-state index < -0.39 is 0 Å². The maximum atomic E-state index is 11.9. The lowest BCUT2D eigenvalue weighted by Gasteiger charge is -2.23. The van der Waals surface area contributed by atoms with E-state index in [9.17, 15) is 4.79 Å². The van der Waals surface area contributed by atoms with E-state index in [1.54, 1.807) is 24.3 Å². The number of amides is 1. The molecule has 1 atom stereocenters. The first-order valence-corrected chi connectivity index (χ1v) is 5.81. The Balaban J connectivity index is 1.96. The van der Waals surface area contributed by atoms with Crippen molar-refractivity contribution in [3.05, 3.63) is 35.4 Å². The molecule has 0 radical (unpaired) electrons. The second-order valence-electron chi connectivity index (χ2n) is 4.21.